The Hall–Kier alpha value is -1.59. The molecule has 0 spiro atoms. The van der Waals surface area contributed by atoms with E-state index in [9.17, 15) is 4.79 Å². The van der Waals surface area contributed by atoms with Gasteiger partial charge in [-0.1, -0.05) is 12.1 Å². The topological polar surface area (TPSA) is 59.6 Å². The van der Waals surface area contributed by atoms with E-state index in [1.54, 1.807) is 0 Å². The van der Waals surface area contributed by atoms with Crippen LogP contribution in [0.2, 0.25) is 0 Å². The van der Waals surface area contributed by atoms with Crippen LogP contribution in [0.3, 0.4) is 0 Å². The first-order valence-electron chi connectivity index (χ1n) is 9.95. The summed E-state index contributed by atoms with van der Waals surface area (Å²) in [4.78, 5) is 12.7. The molecule has 2 aliphatic rings. The highest BCUT2D eigenvalue weighted by Gasteiger charge is 2.36. The number of piperidine rings is 1. The van der Waals surface area contributed by atoms with Gasteiger partial charge in [-0.25, -0.2) is 0 Å². The van der Waals surface area contributed by atoms with Crippen LogP contribution in [-0.2, 0) is 14.9 Å². The summed E-state index contributed by atoms with van der Waals surface area (Å²) in [7, 11) is 0. The number of nitrogens with one attached hydrogen (secondary N) is 2. The number of ether oxygens (including phenoxy) is 2. The van der Waals surface area contributed by atoms with Crippen molar-refractivity contribution in [1.29, 1.82) is 0 Å². The van der Waals surface area contributed by atoms with Crippen LogP contribution in [0.5, 0.6) is 5.75 Å². The summed E-state index contributed by atoms with van der Waals surface area (Å²) in [6.45, 7) is 7.91. The van der Waals surface area contributed by atoms with Crippen molar-refractivity contribution in [2.45, 2.75) is 51.0 Å². The van der Waals surface area contributed by atoms with Gasteiger partial charge in [-0.15, -0.1) is 0 Å². The molecule has 2 atom stereocenters. The Morgan fingerprint density at radius 2 is 2.04 bits per heavy atom. The number of rotatable bonds is 6. The van der Waals surface area contributed by atoms with Crippen molar-refractivity contribution in [3.8, 4) is 5.75 Å². The third kappa shape index (κ3) is 4.57. The van der Waals surface area contributed by atoms with Crippen molar-refractivity contribution in [2.24, 2.45) is 5.92 Å². The van der Waals surface area contributed by atoms with E-state index in [1.807, 2.05) is 19.1 Å². The Morgan fingerprint density at radius 1 is 1.31 bits per heavy atom. The molecule has 0 radical (unpaired) electrons. The predicted molar refractivity (Wildman–Crippen MR) is 103 cm³/mol. The van der Waals surface area contributed by atoms with E-state index < -0.39 is 0 Å². The molecule has 3 rings (SSSR count). The van der Waals surface area contributed by atoms with E-state index >= 15 is 0 Å². The summed E-state index contributed by atoms with van der Waals surface area (Å²) in [5, 5.41) is 6.68. The normalized spacial score (nSPS) is 25.5. The lowest BCUT2D eigenvalue weighted by molar-refractivity contribution is -0.126. The minimum Gasteiger partial charge on any atom is -0.494 e. The van der Waals surface area contributed by atoms with Crippen LogP contribution in [0.1, 0.15) is 45.1 Å². The van der Waals surface area contributed by atoms with Crippen molar-refractivity contribution in [3.63, 3.8) is 0 Å². The van der Waals surface area contributed by atoms with Gasteiger partial charge in [0.1, 0.15) is 5.75 Å². The third-order valence-electron chi connectivity index (χ3n) is 5.82. The van der Waals surface area contributed by atoms with E-state index in [0.29, 0.717) is 19.2 Å². The molecule has 2 heterocycles. The molecular formula is C21H32N2O3. The van der Waals surface area contributed by atoms with E-state index in [-0.39, 0.29) is 17.2 Å². The molecular weight excluding hydrogens is 328 g/mol. The van der Waals surface area contributed by atoms with Gasteiger partial charge in [0.25, 0.3) is 0 Å². The number of carbonyl (C=O) groups excluding carboxylic acids is 1. The van der Waals surface area contributed by atoms with Crippen molar-refractivity contribution in [3.05, 3.63) is 29.8 Å². The molecule has 0 aliphatic carbocycles. The van der Waals surface area contributed by atoms with Crippen LogP contribution >= 0.6 is 0 Å². The van der Waals surface area contributed by atoms with Crippen LogP contribution in [0, 0.1) is 5.92 Å². The standard InChI is InChI=1S/C21H32N2O3/c1-3-26-19-6-4-18(5-7-19)21(9-12-25-13-10-21)15-23-20(24)17-8-11-22-16(2)14-17/h4-7,16-17,22H,3,8-15H2,1-2H3,(H,23,24)/t16-,17-/m0/s1. The summed E-state index contributed by atoms with van der Waals surface area (Å²) in [5.74, 6) is 1.23. The molecule has 2 fully saturated rings. The highest BCUT2D eigenvalue weighted by Crippen LogP contribution is 2.35. The SMILES string of the molecule is CCOc1ccc(C2(CNC(=O)[C@H]3CCN[C@@H](C)C3)CCOCC2)cc1. The van der Waals surface area contributed by atoms with Gasteiger partial charge in [-0.3, -0.25) is 4.79 Å². The average Bonchev–Trinajstić information content (AvgIpc) is 2.68. The van der Waals surface area contributed by atoms with Gasteiger partial charge in [0, 0.05) is 37.1 Å². The second-order valence-electron chi connectivity index (χ2n) is 7.64. The quantitative estimate of drug-likeness (QED) is 0.819. The van der Waals surface area contributed by atoms with Crippen LogP contribution < -0.4 is 15.4 Å². The van der Waals surface area contributed by atoms with Crippen LogP contribution in [0.15, 0.2) is 24.3 Å². The van der Waals surface area contributed by atoms with E-state index in [0.717, 1.165) is 51.2 Å². The molecule has 1 aromatic carbocycles. The minimum absolute atomic E-state index is 0.0445. The number of benzene rings is 1. The fraction of sp³-hybridized carbons (Fsp3) is 0.667. The average molecular weight is 360 g/mol. The van der Waals surface area contributed by atoms with Gasteiger partial charge in [-0.05, 0) is 63.8 Å². The molecule has 2 N–H and O–H groups in total. The first kappa shape index (κ1) is 19.2. The molecule has 2 aliphatic heterocycles. The molecule has 5 heteroatoms. The summed E-state index contributed by atoms with van der Waals surface area (Å²) in [6, 6.07) is 8.78. The zero-order valence-corrected chi connectivity index (χ0v) is 16.1. The minimum atomic E-state index is -0.0445. The third-order valence-corrected chi connectivity index (χ3v) is 5.82. The van der Waals surface area contributed by atoms with Gasteiger partial charge in [-0.2, -0.15) is 0 Å². The van der Waals surface area contributed by atoms with Gasteiger partial charge in [0.15, 0.2) is 0 Å². The van der Waals surface area contributed by atoms with E-state index in [2.05, 4.69) is 29.7 Å². The van der Waals surface area contributed by atoms with Crippen LogP contribution in [-0.4, -0.2) is 44.9 Å². The first-order valence-corrected chi connectivity index (χ1v) is 9.95. The molecule has 0 aromatic heterocycles. The van der Waals surface area contributed by atoms with Crippen LogP contribution in [0.25, 0.3) is 0 Å². The Kier molecular flexibility index (Phi) is 6.54. The number of hydrogen-bond donors (Lipinski definition) is 2. The molecule has 1 amide bonds. The maximum atomic E-state index is 12.7. The summed E-state index contributed by atoms with van der Waals surface area (Å²) in [6.07, 6.45) is 3.72. The fourth-order valence-electron chi connectivity index (χ4n) is 4.17. The summed E-state index contributed by atoms with van der Waals surface area (Å²) < 4.78 is 11.2. The lowest BCUT2D eigenvalue weighted by atomic mass is 9.74. The Morgan fingerprint density at radius 3 is 2.69 bits per heavy atom. The number of carbonyl (C=O) groups is 1. The maximum absolute atomic E-state index is 12.7. The second-order valence-corrected chi connectivity index (χ2v) is 7.64. The fourth-order valence-corrected chi connectivity index (χ4v) is 4.17. The van der Waals surface area contributed by atoms with Gasteiger partial charge >= 0.3 is 0 Å². The summed E-state index contributed by atoms with van der Waals surface area (Å²) in [5.41, 5.74) is 1.22. The van der Waals surface area contributed by atoms with Gasteiger partial charge in [0.2, 0.25) is 5.91 Å². The van der Waals surface area contributed by atoms with Crippen molar-refractivity contribution < 1.29 is 14.3 Å². The van der Waals surface area contributed by atoms with Crippen molar-refractivity contribution in [1.82, 2.24) is 10.6 Å². The Balaban J connectivity index is 1.68. The molecule has 1 aromatic rings. The summed E-state index contributed by atoms with van der Waals surface area (Å²) >= 11 is 0. The number of amides is 1. The van der Waals surface area contributed by atoms with Crippen molar-refractivity contribution >= 4 is 5.91 Å². The van der Waals surface area contributed by atoms with Gasteiger partial charge < -0.3 is 20.1 Å². The monoisotopic (exact) mass is 360 g/mol. The zero-order chi connectivity index (χ0) is 18.4. The lowest BCUT2D eigenvalue weighted by Gasteiger charge is -2.38. The highest BCUT2D eigenvalue weighted by atomic mass is 16.5. The molecule has 144 valence electrons. The predicted octanol–water partition coefficient (Wildman–Crippen LogP) is 2.64. The van der Waals surface area contributed by atoms with Crippen LogP contribution in [0.4, 0.5) is 0 Å². The largest absolute Gasteiger partial charge is 0.494 e. The Bertz CT molecular complexity index is 581. The highest BCUT2D eigenvalue weighted by molar-refractivity contribution is 5.79. The lowest BCUT2D eigenvalue weighted by Crippen LogP contribution is -2.48. The molecule has 26 heavy (non-hydrogen) atoms. The molecule has 5 nitrogen and oxygen atoms in total. The van der Waals surface area contributed by atoms with Crippen molar-refractivity contribution in [2.75, 3.05) is 32.9 Å². The zero-order valence-electron chi connectivity index (χ0n) is 16.1. The smallest absolute Gasteiger partial charge is 0.223 e. The second kappa shape index (κ2) is 8.87. The molecule has 0 unspecified atom stereocenters. The molecule has 0 bridgehead atoms. The number of hydrogen-bond acceptors (Lipinski definition) is 4. The van der Waals surface area contributed by atoms with Gasteiger partial charge in [0.05, 0.1) is 6.61 Å². The maximum Gasteiger partial charge on any atom is 0.223 e. The first-order chi connectivity index (χ1) is 12.6. The van der Waals surface area contributed by atoms with E-state index in [1.165, 1.54) is 5.56 Å². The molecule has 0 saturated carbocycles. The van der Waals surface area contributed by atoms with E-state index in [4.69, 9.17) is 9.47 Å². The molecule has 2 saturated heterocycles. The Labute approximate surface area is 156 Å².